The third-order valence-electron chi connectivity index (χ3n) is 3.54. The van der Waals surface area contributed by atoms with E-state index in [4.69, 9.17) is 12.2 Å². The summed E-state index contributed by atoms with van der Waals surface area (Å²) in [7, 11) is 0. The van der Waals surface area contributed by atoms with Gasteiger partial charge in [0, 0.05) is 27.5 Å². The van der Waals surface area contributed by atoms with Gasteiger partial charge >= 0.3 is 0 Å². The van der Waals surface area contributed by atoms with Gasteiger partial charge in [0.15, 0.2) is 5.11 Å². The molecule has 0 aliphatic carbocycles. The molecule has 6 heteroatoms. The summed E-state index contributed by atoms with van der Waals surface area (Å²) in [6.45, 7) is 3.13. The smallest absolute Gasteiger partial charge is 0.170 e. The lowest BCUT2D eigenvalue weighted by Crippen LogP contribution is -2.29. The Balaban J connectivity index is 2.00. The molecular formula is C15H16BrN3S2. The lowest BCUT2D eigenvalue weighted by Gasteiger charge is -2.26. The minimum atomic E-state index is 0.107. The first-order valence-corrected chi connectivity index (χ1v) is 9.00. The van der Waals surface area contributed by atoms with Gasteiger partial charge in [0.05, 0.1) is 17.8 Å². The van der Waals surface area contributed by atoms with E-state index < -0.39 is 0 Å². The van der Waals surface area contributed by atoms with Crippen molar-refractivity contribution >= 4 is 44.6 Å². The van der Waals surface area contributed by atoms with Crippen LogP contribution in [-0.4, -0.2) is 21.5 Å². The summed E-state index contributed by atoms with van der Waals surface area (Å²) in [6.07, 6.45) is 2.91. The fourth-order valence-electron chi connectivity index (χ4n) is 2.68. The van der Waals surface area contributed by atoms with Crippen LogP contribution < -0.4 is 5.32 Å². The molecule has 0 amide bonds. The fraction of sp³-hybridized carbons (Fsp3) is 0.333. The van der Waals surface area contributed by atoms with Crippen molar-refractivity contribution < 1.29 is 0 Å². The summed E-state index contributed by atoms with van der Waals surface area (Å²) in [5, 5.41) is 6.39. The molecular weight excluding hydrogens is 366 g/mol. The van der Waals surface area contributed by atoms with E-state index in [2.05, 4.69) is 55.6 Å². The molecule has 0 bridgehead atoms. The van der Waals surface area contributed by atoms with Crippen LogP contribution >= 0.6 is 39.5 Å². The molecule has 2 aromatic rings. The van der Waals surface area contributed by atoms with Crippen molar-refractivity contribution in [3.05, 3.63) is 50.9 Å². The van der Waals surface area contributed by atoms with Crippen LogP contribution in [-0.2, 0) is 0 Å². The number of hydrogen-bond acceptors (Lipinski definition) is 3. The maximum absolute atomic E-state index is 5.55. The minimum absolute atomic E-state index is 0.107. The number of pyridine rings is 1. The maximum Gasteiger partial charge on any atom is 0.170 e. The van der Waals surface area contributed by atoms with Crippen molar-refractivity contribution in [2.45, 2.75) is 25.4 Å². The molecule has 0 unspecified atom stereocenters. The average Bonchev–Trinajstić information content (AvgIpc) is 3.05. The van der Waals surface area contributed by atoms with Crippen LogP contribution in [0.1, 0.15) is 36.0 Å². The van der Waals surface area contributed by atoms with E-state index >= 15 is 0 Å². The van der Waals surface area contributed by atoms with Crippen molar-refractivity contribution in [2.24, 2.45) is 0 Å². The van der Waals surface area contributed by atoms with E-state index in [-0.39, 0.29) is 12.1 Å². The number of thiophene rings is 1. The van der Waals surface area contributed by atoms with Gasteiger partial charge in [-0.1, -0.05) is 13.0 Å². The highest BCUT2D eigenvalue weighted by Crippen LogP contribution is 2.41. The minimum Gasteiger partial charge on any atom is -0.352 e. The number of halogens is 1. The van der Waals surface area contributed by atoms with E-state index in [9.17, 15) is 0 Å². The number of nitrogens with one attached hydrogen (secondary N) is 1. The SMILES string of the molecule is CCCN1C(=S)N[C@@H](c2ccccn2)[C@H]1c1cc(Br)cs1. The normalized spacial score (nSPS) is 21.6. The quantitative estimate of drug-likeness (QED) is 0.799. The third kappa shape index (κ3) is 2.98. The highest BCUT2D eigenvalue weighted by molar-refractivity contribution is 9.10. The second-order valence-electron chi connectivity index (χ2n) is 4.99. The van der Waals surface area contributed by atoms with Gasteiger partial charge in [-0.2, -0.15) is 0 Å². The molecule has 1 aliphatic heterocycles. The Morgan fingerprint density at radius 3 is 2.95 bits per heavy atom. The number of nitrogens with zero attached hydrogens (tertiary/aromatic N) is 2. The first-order valence-electron chi connectivity index (χ1n) is 6.92. The predicted octanol–water partition coefficient (Wildman–Crippen LogP) is 4.29. The molecule has 0 radical (unpaired) electrons. The van der Waals surface area contributed by atoms with Crippen LogP contribution in [0.25, 0.3) is 0 Å². The predicted molar refractivity (Wildman–Crippen MR) is 94.5 cm³/mol. The van der Waals surface area contributed by atoms with Gasteiger partial charge in [0.1, 0.15) is 0 Å². The van der Waals surface area contributed by atoms with Gasteiger partial charge in [0.25, 0.3) is 0 Å². The Labute approximate surface area is 142 Å². The van der Waals surface area contributed by atoms with Crippen molar-refractivity contribution in [3.8, 4) is 0 Å². The molecule has 3 nitrogen and oxygen atoms in total. The zero-order chi connectivity index (χ0) is 14.8. The molecule has 1 N–H and O–H groups in total. The Kier molecular flexibility index (Phi) is 4.57. The second kappa shape index (κ2) is 6.42. The first kappa shape index (κ1) is 14.9. The van der Waals surface area contributed by atoms with Crippen LogP contribution in [0.15, 0.2) is 40.3 Å². The van der Waals surface area contributed by atoms with E-state index in [0.717, 1.165) is 28.2 Å². The summed E-state index contributed by atoms with van der Waals surface area (Å²) in [5.74, 6) is 0. The molecule has 3 heterocycles. The van der Waals surface area contributed by atoms with Crippen molar-refractivity contribution in [1.29, 1.82) is 0 Å². The summed E-state index contributed by atoms with van der Waals surface area (Å²) in [4.78, 5) is 8.11. The van der Waals surface area contributed by atoms with Crippen molar-refractivity contribution in [1.82, 2.24) is 15.2 Å². The molecule has 0 saturated carbocycles. The molecule has 1 saturated heterocycles. The highest BCUT2D eigenvalue weighted by Gasteiger charge is 2.39. The number of thiocarbonyl (C=S) groups is 1. The van der Waals surface area contributed by atoms with Gasteiger partial charge in [-0.05, 0) is 52.8 Å². The van der Waals surface area contributed by atoms with Gasteiger partial charge in [0.2, 0.25) is 0 Å². The fourth-order valence-corrected chi connectivity index (χ4v) is 4.60. The van der Waals surface area contributed by atoms with Gasteiger partial charge < -0.3 is 10.2 Å². The second-order valence-corrected chi connectivity index (χ2v) is 7.23. The Morgan fingerprint density at radius 2 is 2.33 bits per heavy atom. The average molecular weight is 382 g/mol. The summed E-state index contributed by atoms with van der Waals surface area (Å²) >= 11 is 10.9. The zero-order valence-corrected chi connectivity index (χ0v) is 14.8. The largest absolute Gasteiger partial charge is 0.352 e. The monoisotopic (exact) mass is 381 g/mol. The van der Waals surface area contributed by atoms with E-state index in [1.165, 1.54) is 4.88 Å². The molecule has 2 atom stereocenters. The Bertz CT molecular complexity index is 629. The van der Waals surface area contributed by atoms with Gasteiger partial charge in [-0.15, -0.1) is 11.3 Å². The summed E-state index contributed by atoms with van der Waals surface area (Å²) in [6, 6.07) is 8.53. The zero-order valence-electron chi connectivity index (χ0n) is 11.6. The number of rotatable bonds is 4. The molecule has 0 aromatic carbocycles. The Morgan fingerprint density at radius 1 is 1.48 bits per heavy atom. The van der Waals surface area contributed by atoms with Crippen molar-refractivity contribution in [3.63, 3.8) is 0 Å². The third-order valence-corrected chi connectivity index (χ3v) is 5.66. The van der Waals surface area contributed by atoms with Gasteiger partial charge in [-0.3, -0.25) is 4.98 Å². The lowest BCUT2D eigenvalue weighted by atomic mass is 10.0. The van der Waals surface area contributed by atoms with E-state index in [1.54, 1.807) is 11.3 Å². The van der Waals surface area contributed by atoms with Gasteiger partial charge in [-0.25, -0.2) is 0 Å². The molecule has 3 rings (SSSR count). The molecule has 2 aromatic heterocycles. The van der Waals surface area contributed by atoms with Crippen LogP contribution in [0.3, 0.4) is 0 Å². The molecule has 21 heavy (non-hydrogen) atoms. The molecule has 1 fully saturated rings. The molecule has 0 spiro atoms. The van der Waals surface area contributed by atoms with Crippen LogP contribution in [0.2, 0.25) is 0 Å². The number of hydrogen-bond donors (Lipinski definition) is 1. The maximum atomic E-state index is 5.55. The lowest BCUT2D eigenvalue weighted by molar-refractivity contribution is 0.322. The molecule has 1 aliphatic rings. The standard InChI is InChI=1S/C15H16BrN3S2/c1-2-7-19-14(12-8-10(16)9-21-12)13(18-15(19)20)11-5-3-4-6-17-11/h3-6,8-9,13-14H,2,7H2,1H3,(H,18,20)/t13-,14+/m0/s1. The van der Waals surface area contributed by atoms with E-state index in [0.29, 0.717) is 0 Å². The van der Waals surface area contributed by atoms with Crippen molar-refractivity contribution in [2.75, 3.05) is 6.54 Å². The van der Waals surface area contributed by atoms with Crippen LogP contribution in [0.5, 0.6) is 0 Å². The van der Waals surface area contributed by atoms with Crippen LogP contribution in [0.4, 0.5) is 0 Å². The summed E-state index contributed by atoms with van der Waals surface area (Å²) in [5.41, 5.74) is 1.04. The van der Waals surface area contributed by atoms with Crippen LogP contribution in [0, 0.1) is 0 Å². The first-order chi connectivity index (χ1) is 10.2. The number of aromatic nitrogens is 1. The molecule has 110 valence electrons. The summed E-state index contributed by atoms with van der Waals surface area (Å²) < 4.78 is 1.12. The Hall–Kier alpha value is -0.980. The van der Waals surface area contributed by atoms with E-state index in [1.807, 2.05) is 18.3 Å². The highest BCUT2D eigenvalue weighted by atomic mass is 79.9. The topological polar surface area (TPSA) is 28.2 Å².